The smallest absolute Gasteiger partial charge is 0.0626 e. The third kappa shape index (κ3) is 6.14. The SMILES string of the molecule is c1ccc2cc(-c3cccc4c(-c5c6cccc(-c7ccc8c9ccccc9n9c%10ccccc%10c7c89)c6cc6c(-c7ccc8c9ccccc9n9c%10ccccc%10c7c89)cccc56)c5cccc(-c6ccc7ccccc7c6)c5cc34)ccc2c1. The molecule has 0 aliphatic carbocycles. The molecule has 394 valence electrons. The highest BCUT2D eigenvalue weighted by molar-refractivity contribution is 6.33. The van der Waals surface area contributed by atoms with Crippen LogP contribution >= 0.6 is 0 Å². The van der Waals surface area contributed by atoms with Crippen LogP contribution < -0.4 is 0 Å². The summed E-state index contributed by atoms with van der Waals surface area (Å²) >= 11 is 0. The second-order valence-electron chi connectivity index (χ2n) is 23.7. The molecule has 16 aromatic carbocycles. The molecular formula is C84H48N2. The number of hydrogen-bond donors (Lipinski definition) is 0. The molecular weight excluding hydrogens is 1040 g/mol. The Bertz CT molecular complexity index is 5950. The van der Waals surface area contributed by atoms with Gasteiger partial charge in [-0.1, -0.05) is 243 Å². The maximum absolute atomic E-state index is 2.56. The lowest BCUT2D eigenvalue weighted by molar-refractivity contribution is 1.37. The average Bonchev–Trinajstić information content (AvgIpc) is 1.51. The van der Waals surface area contributed by atoms with Gasteiger partial charge in [0.2, 0.25) is 0 Å². The Balaban J connectivity index is 0.969. The molecule has 0 unspecified atom stereocenters. The maximum Gasteiger partial charge on any atom is 0.0626 e. The van der Waals surface area contributed by atoms with Crippen LogP contribution in [0.3, 0.4) is 0 Å². The van der Waals surface area contributed by atoms with Crippen molar-refractivity contribution in [3.05, 3.63) is 291 Å². The molecule has 0 saturated heterocycles. The van der Waals surface area contributed by atoms with E-state index in [1.54, 1.807) is 0 Å². The Morgan fingerprint density at radius 2 is 0.500 bits per heavy atom. The summed E-state index contributed by atoms with van der Waals surface area (Å²) < 4.78 is 5.03. The second kappa shape index (κ2) is 17.1. The molecule has 4 aromatic heterocycles. The molecule has 20 rings (SSSR count). The topological polar surface area (TPSA) is 8.82 Å². The van der Waals surface area contributed by atoms with Crippen LogP contribution in [0, 0.1) is 0 Å². The minimum Gasteiger partial charge on any atom is -0.308 e. The van der Waals surface area contributed by atoms with E-state index in [9.17, 15) is 0 Å². The van der Waals surface area contributed by atoms with Gasteiger partial charge in [-0.15, -0.1) is 0 Å². The zero-order valence-electron chi connectivity index (χ0n) is 46.6. The fraction of sp³-hybridized carbons (Fsp3) is 0. The van der Waals surface area contributed by atoms with Gasteiger partial charge in [0, 0.05) is 43.1 Å². The van der Waals surface area contributed by atoms with E-state index in [0.29, 0.717) is 0 Å². The van der Waals surface area contributed by atoms with Crippen LogP contribution in [0.25, 0.3) is 196 Å². The predicted molar refractivity (Wildman–Crippen MR) is 368 cm³/mol. The third-order valence-corrected chi connectivity index (χ3v) is 19.5. The number of para-hydroxylation sites is 4. The molecule has 0 saturated carbocycles. The first-order valence-electron chi connectivity index (χ1n) is 30.0. The van der Waals surface area contributed by atoms with E-state index in [4.69, 9.17) is 0 Å². The lowest BCUT2D eigenvalue weighted by atomic mass is 9.81. The number of fused-ring (bicyclic) bond motifs is 18. The summed E-state index contributed by atoms with van der Waals surface area (Å²) in [6, 6.07) is 110. The lowest BCUT2D eigenvalue weighted by Crippen LogP contribution is -1.95. The molecule has 0 aliphatic rings. The van der Waals surface area contributed by atoms with Crippen LogP contribution in [0.15, 0.2) is 291 Å². The maximum atomic E-state index is 2.56. The normalized spacial score (nSPS) is 12.4. The fourth-order valence-electron chi connectivity index (χ4n) is 15.9. The van der Waals surface area contributed by atoms with Crippen LogP contribution in [0.4, 0.5) is 0 Å². The van der Waals surface area contributed by atoms with Crippen LogP contribution in [-0.4, -0.2) is 8.80 Å². The standard InChI is InChI=1S/C84H48N2/c1-3-19-51-45-53(39-37-49(51)17-1)55-25-13-29-61-71(55)47-72-56(54-40-38-50-18-2-4-20-52(50)46-54)26-14-30-62(72)79(61)80-63-31-15-27-57(65-41-43-67-59-21-5-9-33-75(59)85-77-35-11-7-23-69(77)81(65)83(67)85)73(63)48-74-58(28-16-32-64(74)80)66-42-44-68-60-22-6-10-34-76(60)86-78-36-12-8-24-70(78)82(66)84(68)86/h1-48H. The van der Waals surface area contributed by atoms with Crippen molar-refractivity contribution in [3.63, 3.8) is 0 Å². The minimum absolute atomic E-state index is 1.20. The molecule has 4 heterocycles. The zero-order chi connectivity index (χ0) is 55.9. The van der Waals surface area contributed by atoms with Gasteiger partial charge in [0.15, 0.2) is 0 Å². The van der Waals surface area contributed by atoms with Crippen molar-refractivity contribution >= 4 is 141 Å². The highest BCUT2D eigenvalue weighted by Crippen LogP contribution is 2.53. The van der Waals surface area contributed by atoms with Gasteiger partial charge in [-0.05, 0) is 169 Å². The van der Waals surface area contributed by atoms with Gasteiger partial charge in [0.1, 0.15) is 0 Å². The Hall–Kier alpha value is -11.3. The monoisotopic (exact) mass is 1080 g/mol. The summed E-state index contributed by atoms with van der Waals surface area (Å²) in [5.41, 5.74) is 19.7. The van der Waals surface area contributed by atoms with Gasteiger partial charge in [0.25, 0.3) is 0 Å². The van der Waals surface area contributed by atoms with E-state index in [2.05, 4.69) is 300 Å². The number of benzene rings is 16. The van der Waals surface area contributed by atoms with Crippen LogP contribution in [-0.2, 0) is 0 Å². The van der Waals surface area contributed by atoms with Gasteiger partial charge in [0.05, 0.1) is 33.1 Å². The highest BCUT2D eigenvalue weighted by Gasteiger charge is 2.27. The Kier molecular flexibility index (Phi) is 9.21. The molecule has 0 N–H and O–H groups in total. The van der Waals surface area contributed by atoms with Crippen molar-refractivity contribution in [2.45, 2.75) is 0 Å². The van der Waals surface area contributed by atoms with Crippen LogP contribution in [0.2, 0.25) is 0 Å². The van der Waals surface area contributed by atoms with Gasteiger partial charge in [-0.3, -0.25) is 0 Å². The van der Waals surface area contributed by atoms with Crippen LogP contribution in [0.5, 0.6) is 0 Å². The van der Waals surface area contributed by atoms with E-state index in [1.807, 2.05) is 0 Å². The minimum atomic E-state index is 1.20. The Labute approximate surface area is 493 Å². The van der Waals surface area contributed by atoms with Gasteiger partial charge >= 0.3 is 0 Å². The summed E-state index contributed by atoms with van der Waals surface area (Å²) in [5, 5.41) is 24.9. The van der Waals surface area contributed by atoms with E-state index in [1.165, 1.54) is 196 Å². The van der Waals surface area contributed by atoms with E-state index >= 15 is 0 Å². The first kappa shape index (κ1) is 46.2. The van der Waals surface area contributed by atoms with Gasteiger partial charge in [-0.25, -0.2) is 0 Å². The molecule has 0 fully saturated rings. The Morgan fingerprint density at radius 3 is 0.919 bits per heavy atom. The van der Waals surface area contributed by atoms with Crippen molar-refractivity contribution < 1.29 is 0 Å². The third-order valence-electron chi connectivity index (χ3n) is 19.5. The Morgan fingerprint density at radius 1 is 0.174 bits per heavy atom. The fourth-order valence-corrected chi connectivity index (χ4v) is 15.9. The zero-order valence-corrected chi connectivity index (χ0v) is 46.6. The van der Waals surface area contributed by atoms with Crippen molar-refractivity contribution in [1.82, 2.24) is 8.80 Å². The molecule has 0 bridgehead atoms. The van der Waals surface area contributed by atoms with Gasteiger partial charge < -0.3 is 8.80 Å². The summed E-state index contributed by atoms with van der Waals surface area (Å²) in [7, 11) is 0. The molecule has 0 aliphatic heterocycles. The number of nitrogens with zero attached hydrogens (tertiary/aromatic N) is 2. The van der Waals surface area contributed by atoms with Crippen molar-refractivity contribution in [3.8, 4) is 55.6 Å². The first-order chi connectivity index (χ1) is 42.7. The van der Waals surface area contributed by atoms with Crippen molar-refractivity contribution in [2.75, 3.05) is 0 Å². The molecule has 2 heteroatoms. The van der Waals surface area contributed by atoms with E-state index in [0.717, 1.165) is 0 Å². The van der Waals surface area contributed by atoms with Crippen molar-refractivity contribution in [1.29, 1.82) is 0 Å². The largest absolute Gasteiger partial charge is 0.308 e. The molecule has 0 amide bonds. The highest BCUT2D eigenvalue weighted by atomic mass is 14.9. The second-order valence-corrected chi connectivity index (χ2v) is 23.7. The van der Waals surface area contributed by atoms with Gasteiger partial charge in [-0.2, -0.15) is 0 Å². The lowest BCUT2D eigenvalue weighted by Gasteiger charge is -2.22. The summed E-state index contributed by atoms with van der Waals surface area (Å²) in [6.45, 7) is 0. The predicted octanol–water partition coefficient (Wildman–Crippen LogP) is 23.2. The molecule has 0 radical (unpaired) electrons. The van der Waals surface area contributed by atoms with E-state index in [-0.39, 0.29) is 0 Å². The summed E-state index contributed by atoms with van der Waals surface area (Å²) in [4.78, 5) is 0. The number of hydrogen-bond acceptors (Lipinski definition) is 0. The van der Waals surface area contributed by atoms with E-state index < -0.39 is 0 Å². The number of aromatic nitrogens is 2. The summed E-state index contributed by atoms with van der Waals surface area (Å²) in [5.74, 6) is 0. The molecule has 86 heavy (non-hydrogen) atoms. The molecule has 2 nitrogen and oxygen atoms in total. The molecule has 20 aromatic rings. The summed E-state index contributed by atoms with van der Waals surface area (Å²) in [6.07, 6.45) is 0. The molecule has 0 atom stereocenters. The van der Waals surface area contributed by atoms with Crippen LogP contribution in [0.1, 0.15) is 0 Å². The average molecular weight is 1090 g/mol. The first-order valence-corrected chi connectivity index (χ1v) is 30.0. The quantitative estimate of drug-likeness (QED) is 0.152. The van der Waals surface area contributed by atoms with Crippen molar-refractivity contribution in [2.24, 2.45) is 0 Å². The number of rotatable bonds is 5. The molecule has 0 spiro atoms.